The van der Waals surface area contributed by atoms with Crippen molar-refractivity contribution in [3.05, 3.63) is 109 Å². The second kappa shape index (κ2) is 8.28. The Morgan fingerprint density at radius 3 is 1.48 bits per heavy atom. The average Bonchev–Trinajstić information content (AvgIpc) is 2.85. The van der Waals surface area contributed by atoms with E-state index in [9.17, 15) is 0 Å². The highest BCUT2D eigenvalue weighted by molar-refractivity contribution is 5.69. The van der Waals surface area contributed by atoms with Crippen molar-refractivity contribution >= 4 is 0 Å². The fourth-order valence-electron chi connectivity index (χ4n) is 3.38. The molecule has 2 aromatic heterocycles. The molecule has 148 valence electrons. The third-order valence-corrected chi connectivity index (χ3v) is 5.08. The van der Waals surface area contributed by atoms with E-state index in [2.05, 4.69) is 36.2 Å². The summed E-state index contributed by atoms with van der Waals surface area (Å²) < 4.78 is 0. The smallest absolute Gasteiger partial charge is 0.164 e. The van der Waals surface area contributed by atoms with E-state index in [0.29, 0.717) is 17.5 Å². The van der Waals surface area contributed by atoms with Gasteiger partial charge in [-0.15, -0.1) is 0 Å². The number of pyridine rings is 1. The SMILES string of the molecule is Cc1ccc(-c2nc(-c3ccccc3)nc(-c3ccc(-c4ccccn4)cc3)n2)cc1. The van der Waals surface area contributed by atoms with Crippen LogP contribution < -0.4 is 0 Å². The summed E-state index contributed by atoms with van der Waals surface area (Å²) >= 11 is 0. The minimum Gasteiger partial charge on any atom is -0.256 e. The number of benzene rings is 3. The van der Waals surface area contributed by atoms with E-state index < -0.39 is 0 Å². The first kappa shape index (κ1) is 18.8. The molecule has 0 aliphatic rings. The molecule has 5 rings (SSSR count). The van der Waals surface area contributed by atoms with Crippen LogP contribution in [0.25, 0.3) is 45.4 Å². The van der Waals surface area contributed by atoms with Crippen molar-refractivity contribution in [2.45, 2.75) is 6.92 Å². The normalized spacial score (nSPS) is 10.7. The minimum absolute atomic E-state index is 0.650. The van der Waals surface area contributed by atoms with E-state index in [0.717, 1.165) is 27.9 Å². The van der Waals surface area contributed by atoms with Gasteiger partial charge in [0.05, 0.1) is 5.69 Å². The number of hydrogen-bond donors (Lipinski definition) is 0. The van der Waals surface area contributed by atoms with Crippen LogP contribution in [0.3, 0.4) is 0 Å². The lowest BCUT2D eigenvalue weighted by atomic mass is 10.1. The summed E-state index contributed by atoms with van der Waals surface area (Å²) in [6, 6.07) is 32.3. The molecule has 0 radical (unpaired) electrons. The summed E-state index contributed by atoms with van der Waals surface area (Å²) in [6.45, 7) is 2.07. The van der Waals surface area contributed by atoms with Gasteiger partial charge >= 0.3 is 0 Å². The van der Waals surface area contributed by atoms with E-state index in [1.54, 1.807) is 6.20 Å². The van der Waals surface area contributed by atoms with E-state index in [-0.39, 0.29) is 0 Å². The Labute approximate surface area is 181 Å². The van der Waals surface area contributed by atoms with Crippen molar-refractivity contribution in [1.29, 1.82) is 0 Å². The minimum atomic E-state index is 0.650. The first-order valence-corrected chi connectivity index (χ1v) is 10.2. The quantitative estimate of drug-likeness (QED) is 0.358. The Kier molecular flexibility index (Phi) is 5.03. The summed E-state index contributed by atoms with van der Waals surface area (Å²) in [6.07, 6.45) is 1.80. The Morgan fingerprint density at radius 1 is 0.452 bits per heavy atom. The highest BCUT2D eigenvalue weighted by atomic mass is 15.0. The lowest BCUT2D eigenvalue weighted by molar-refractivity contribution is 1.07. The van der Waals surface area contributed by atoms with Gasteiger partial charge in [0.2, 0.25) is 0 Å². The average molecular weight is 400 g/mol. The van der Waals surface area contributed by atoms with Gasteiger partial charge < -0.3 is 0 Å². The number of rotatable bonds is 4. The van der Waals surface area contributed by atoms with Gasteiger partial charge in [0.1, 0.15) is 0 Å². The summed E-state index contributed by atoms with van der Waals surface area (Å²) in [4.78, 5) is 18.8. The van der Waals surface area contributed by atoms with Crippen LogP contribution in [0.5, 0.6) is 0 Å². The molecule has 0 bridgehead atoms. The van der Waals surface area contributed by atoms with Gasteiger partial charge in [-0.2, -0.15) is 0 Å². The summed E-state index contributed by atoms with van der Waals surface area (Å²) in [7, 11) is 0. The molecule has 2 heterocycles. The van der Waals surface area contributed by atoms with Crippen molar-refractivity contribution in [2.24, 2.45) is 0 Å². The molecule has 4 heteroatoms. The van der Waals surface area contributed by atoms with Crippen molar-refractivity contribution in [1.82, 2.24) is 19.9 Å². The van der Waals surface area contributed by atoms with Crippen LogP contribution in [0.2, 0.25) is 0 Å². The third-order valence-electron chi connectivity index (χ3n) is 5.08. The van der Waals surface area contributed by atoms with Crippen LogP contribution in [0.1, 0.15) is 5.56 Å². The molecule has 0 atom stereocenters. The number of aromatic nitrogens is 4. The van der Waals surface area contributed by atoms with E-state index in [4.69, 9.17) is 15.0 Å². The lowest BCUT2D eigenvalue weighted by Gasteiger charge is -2.09. The predicted molar refractivity (Wildman–Crippen MR) is 124 cm³/mol. The van der Waals surface area contributed by atoms with Crippen LogP contribution in [0.15, 0.2) is 103 Å². The van der Waals surface area contributed by atoms with Gasteiger partial charge in [-0.25, -0.2) is 15.0 Å². The van der Waals surface area contributed by atoms with Gasteiger partial charge in [-0.1, -0.05) is 90.5 Å². The van der Waals surface area contributed by atoms with Gasteiger partial charge in [-0.3, -0.25) is 4.98 Å². The van der Waals surface area contributed by atoms with Crippen molar-refractivity contribution in [3.8, 4) is 45.4 Å². The molecular weight excluding hydrogens is 380 g/mol. The molecule has 0 spiro atoms. The number of aryl methyl sites for hydroxylation is 1. The molecule has 4 nitrogen and oxygen atoms in total. The van der Waals surface area contributed by atoms with Crippen LogP contribution >= 0.6 is 0 Å². The standard InChI is InChI=1S/C27H20N4/c1-19-10-12-22(13-11-19)26-29-25(21-7-3-2-4-8-21)30-27(31-26)23-16-14-20(15-17-23)24-9-5-6-18-28-24/h2-18H,1H3. The monoisotopic (exact) mass is 400 g/mol. The molecule has 0 amide bonds. The second-order valence-corrected chi connectivity index (χ2v) is 7.33. The van der Waals surface area contributed by atoms with E-state index in [1.807, 2.05) is 72.8 Å². The maximum atomic E-state index is 4.79. The topological polar surface area (TPSA) is 51.6 Å². The maximum Gasteiger partial charge on any atom is 0.164 e. The molecule has 3 aromatic carbocycles. The maximum absolute atomic E-state index is 4.79. The van der Waals surface area contributed by atoms with Crippen LogP contribution in [0, 0.1) is 6.92 Å². The van der Waals surface area contributed by atoms with Crippen molar-refractivity contribution < 1.29 is 0 Å². The molecule has 0 saturated carbocycles. The Hall–Kier alpha value is -4.18. The van der Waals surface area contributed by atoms with Gasteiger partial charge in [0.25, 0.3) is 0 Å². The third kappa shape index (κ3) is 4.09. The highest BCUT2D eigenvalue weighted by Gasteiger charge is 2.12. The van der Waals surface area contributed by atoms with Crippen molar-refractivity contribution in [2.75, 3.05) is 0 Å². The van der Waals surface area contributed by atoms with E-state index in [1.165, 1.54) is 5.56 Å². The number of hydrogen-bond acceptors (Lipinski definition) is 4. The molecule has 0 unspecified atom stereocenters. The first-order chi connectivity index (χ1) is 15.3. The zero-order valence-corrected chi connectivity index (χ0v) is 17.1. The fourth-order valence-corrected chi connectivity index (χ4v) is 3.38. The van der Waals surface area contributed by atoms with Crippen LogP contribution in [-0.2, 0) is 0 Å². The zero-order chi connectivity index (χ0) is 21.0. The predicted octanol–water partition coefficient (Wildman–Crippen LogP) is 6.24. The van der Waals surface area contributed by atoms with Crippen LogP contribution in [0.4, 0.5) is 0 Å². The number of nitrogens with zero attached hydrogens (tertiary/aromatic N) is 4. The lowest BCUT2D eigenvalue weighted by Crippen LogP contribution is -2.00. The van der Waals surface area contributed by atoms with Gasteiger partial charge in [0.15, 0.2) is 17.5 Å². The highest BCUT2D eigenvalue weighted by Crippen LogP contribution is 2.26. The largest absolute Gasteiger partial charge is 0.256 e. The Balaban J connectivity index is 1.60. The van der Waals surface area contributed by atoms with Gasteiger partial charge in [0, 0.05) is 28.5 Å². The molecule has 0 aliphatic carbocycles. The molecular formula is C27H20N4. The molecule has 0 saturated heterocycles. The first-order valence-electron chi connectivity index (χ1n) is 10.2. The molecule has 5 aromatic rings. The summed E-state index contributed by atoms with van der Waals surface area (Å²) in [5.74, 6) is 1.98. The fraction of sp³-hybridized carbons (Fsp3) is 0.0370. The molecule has 0 fully saturated rings. The Bertz CT molecular complexity index is 1300. The molecule has 31 heavy (non-hydrogen) atoms. The summed E-state index contributed by atoms with van der Waals surface area (Å²) in [5, 5.41) is 0. The zero-order valence-electron chi connectivity index (χ0n) is 17.1. The molecule has 0 aliphatic heterocycles. The second-order valence-electron chi connectivity index (χ2n) is 7.33. The summed E-state index contributed by atoms with van der Waals surface area (Å²) in [5.41, 5.74) is 6.07. The van der Waals surface area contributed by atoms with Gasteiger partial charge in [-0.05, 0) is 19.1 Å². The molecule has 0 N–H and O–H groups in total. The van der Waals surface area contributed by atoms with Crippen molar-refractivity contribution in [3.63, 3.8) is 0 Å². The van der Waals surface area contributed by atoms with Crippen LogP contribution in [-0.4, -0.2) is 19.9 Å². The van der Waals surface area contributed by atoms with E-state index >= 15 is 0 Å². The Morgan fingerprint density at radius 2 is 0.935 bits per heavy atom.